The van der Waals surface area contributed by atoms with E-state index in [-0.39, 0.29) is 18.1 Å². The monoisotopic (exact) mass is 209 g/mol. The number of carbonyl (C=O) groups is 1. The van der Waals surface area contributed by atoms with Gasteiger partial charge in [-0.15, -0.1) is 0 Å². The van der Waals surface area contributed by atoms with Crippen molar-refractivity contribution >= 4 is 17.3 Å². The Kier molecular flexibility index (Phi) is 2.55. The third-order valence-corrected chi connectivity index (χ3v) is 2.33. The molecule has 0 fully saturated rings. The molecule has 0 radical (unpaired) electrons. The molecule has 0 aliphatic carbocycles. The average molecular weight is 209 g/mol. The van der Waals surface area contributed by atoms with Gasteiger partial charge >= 0.3 is 0 Å². The summed E-state index contributed by atoms with van der Waals surface area (Å²) in [6.45, 7) is 1.21. The quantitative estimate of drug-likeness (QED) is 0.747. The lowest BCUT2D eigenvalue weighted by Crippen LogP contribution is -2.41. The molecule has 3 N–H and O–H groups in total. The predicted molar refractivity (Wildman–Crippen MR) is 56.3 cm³/mol. The fourth-order valence-corrected chi connectivity index (χ4v) is 1.69. The highest BCUT2D eigenvalue weighted by molar-refractivity contribution is 6.01. The Morgan fingerprint density at radius 1 is 1.53 bits per heavy atom. The van der Waals surface area contributed by atoms with Crippen molar-refractivity contribution in [2.24, 2.45) is 5.73 Å². The Bertz CT molecular complexity index is 394. The number of nitrogens with zero attached hydrogens (tertiary/aromatic N) is 1. The van der Waals surface area contributed by atoms with E-state index in [4.69, 9.17) is 5.73 Å². The molecule has 0 spiro atoms. The third kappa shape index (κ3) is 1.78. The fourth-order valence-electron chi connectivity index (χ4n) is 1.69. The summed E-state index contributed by atoms with van der Waals surface area (Å²) in [5.74, 6) is -0.622. The Hall–Kier alpha value is -1.62. The maximum Gasteiger partial charge on any atom is 0.244 e. The van der Waals surface area contributed by atoms with Gasteiger partial charge < -0.3 is 16.0 Å². The van der Waals surface area contributed by atoms with Gasteiger partial charge in [-0.25, -0.2) is 4.39 Å². The summed E-state index contributed by atoms with van der Waals surface area (Å²) in [4.78, 5) is 13.1. The van der Waals surface area contributed by atoms with Gasteiger partial charge in [0.05, 0.1) is 12.2 Å². The number of hydrogen-bond donors (Lipinski definition) is 2. The van der Waals surface area contributed by atoms with Crippen molar-refractivity contribution in [1.82, 2.24) is 0 Å². The molecule has 0 aromatic heterocycles. The number of benzene rings is 1. The minimum atomic E-state index is -0.414. The van der Waals surface area contributed by atoms with Gasteiger partial charge in [0.25, 0.3) is 0 Å². The van der Waals surface area contributed by atoms with E-state index >= 15 is 0 Å². The number of halogens is 1. The molecule has 1 heterocycles. The van der Waals surface area contributed by atoms with Crippen molar-refractivity contribution in [3.8, 4) is 0 Å². The maximum atomic E-state index is 13.4. The normalized spacial score (nSPS) is 14.8. The molecule has 0 bridgehead atoms. The number of fused-ring (bicyclic) bond motifs is 1. The molecular formula is C10H12FN3O. The molecule has 0 atom stereocenters. The Balaban J connectivity index is 2.41. The van der Waals surface area contributed by atoms with E-state index in [1.807, 2.05) is 0 Å². The standard InChI is InChI=1S/C10H12FN3O/c11-7-2-1-3-8-10(7)13-9(15)6-14(8)5-4-12/h1-3H,4-6,12H2,(H,13,15). The van der Waals surface area contributed by atoms with Crippen molar-refractivity contribution in [2.75, 3.05) is 29.9 Å². The minimum absolute atomic E-state index is 0.207. The molecule has 80 valence electrons. The SMILES string of the molecule is NCCN1CC(=O)Nc2c(F)cccc21. The van der Waals surface area contributed by atoms with E-state index in [9.17, 15) is 9.18 Å². The van der Waals surface area contributed by atoms with Gasteiger partial charge in [0, 0.05) is 13.1 Å². The van der Waals surface area contributed by atoms with Crippen LogP contribution in [0.5, 0.6) is 0 Å². The first kappa shape index (κ1) is 9.92. The summed E-state index contributed by atoms with van der Waals surface area (Å²) in [6.07, 6.45) is 0. The first-order valence-corrected chi connectivity index (χ1v) is 4.75. The van der Waals surface area contributed by atoms with E-state index in [1.54, 1.807) is 17.0 Å². The fraction of sp³-hybridized carbons (Fsp3) is 0.300. The van der Waals surface area contributed by atoms with Crippen molar-refractivity contribution < 1.29 is 9.18 Å². The summed E-state index contributed by atoms with van der Waals surface area (Å²) in [5.41, 5.74) is 6.38. The minimum Gasteiger partial charge on any atom is -0.359 e. The van der Waals surface area contributed by atoms with E-state index in [0.29, 0.717) is 18.8 Å². The first-order valence-electron chi connectivity index (χ1n) is 4.75. The molecule has 1 aromatic carbocycles. The second-order valence-electron chi connectivity index (χ2n) is 3.39. The molecule has 0 saturated carbocycles. The lowest BCUT2D eigenvalue weighted by molar-refractivity contribution is -0.115. The number of para-hydroxylation sites is 1. The highest BCUT2D eigenvalue weighted by atomic mass is 19.1. The van der Waals surface area contributed by atoms with Gasteiger partial charge in [-0.3, -0.25) is 4.79 Å². The van der Waals surface area contributed by atoms with Gasteiger partial charge in [-0.1, -0.05) is 6.07 Å². The van der Waals surface area contributed by atoms with Gasteiger partial charge in [0.1, 0.15) is 11.5 Å². The largest absolute Gasteiger partial charge is 0.359 e. The second-order valence-corrected chi connectivity index (χ2v) is 3.39. The van der Waals surface area contributed by atoms with Crippen molar-refractivity contribution in [3.63, 3.8) is 0 Å². The molecular weight excluding hydrogens is 197 g/mol. The van der Waals surface area contributed by atoms with Crippen LogP contribution in [0.15, 0.2) is 18.2 Å². The molecule has 4 nitrogen and oxygen atoms in total. The molecule has 1 aromatic rings. The number of anilines is 2. The number of amides is 1. The zero-order chi connectivity index (χ0) is 10.8. The predicted octanol–water partition coefficient (Wildman–Crippen LogP) is 0.543. The van der Waals surface area contributed by atoms with Crippen LogP contribution in [-0.4, -0.2) is 25.5 Å². The zero-order valence-electron chi connectivity index (χ0n) is 8.16. The number of carbonyl (C=O) groups excluding carboxylic acids is 1. The summed E-state index contributed by atoms with van der Waals surface area (Å²) < 4.78 is 13.4. The lowest BCUT2D eigenvalue weighted by Gasteiger charge is -2.30. The summed E-state index contributed by atoms with van der Waals surface area (Å²) in [5, 5.41) is 2.52. The zero-order valence-corrected chi connectivity index (χ0v) is 8.16. The highest BCUT2D eigenvalue weighted by Gasteiger charge is 2.23. The number of nitrogens with one attached hydrogen (secondary N) is 1. The highest BCUT2D eigenvalue weighted by Crippen LogP contribution is 2.31. The Morgan fingerprint density at radius 3 is 3.07 bits per heavy atom. The maximum absolute atomic E-state index is 13.4. The van der Waals surface area contributed by atoms with Gasteiger partial charge in [-0.05, 0) is 12.1 Å². The molecule has 1 amide bonds. The van der Waals surface area contributed by atoms with Crippen LogP contribution in [0.25, 0.3) is 0 Å². The average Bonchev–Trinajstić information content (AvgIpc) is 2.20. The van der Waals surface area contributed by atoms with Crippen molar-refractivity contribution in [1.29, 1.82) is 0 Å². The van der Waals surface area contributed by atoms with Crippen LogP contribution in [0, 0.1) is 5.82 Å². The Labute approximate surface area is 86.9 Å². The third-order valence-electron chi connectivity index (χ3n) is 2.33. The number of rotatable bonds is 2. The van der Waals surface area contributed by atoms with E-state index in [0.717, 1.165) is 0 Å². The van der Waals surface area contributed by atoms with Crippen molar-refractivity contribution in [2.45, 2.75) is 0 Å². The van der Waals surface area contributed by atoms with Crippen LogP contribution in [-0.2, 0) is 4.79 Å². The molecule has 15 heavy (non-hydrogen) atoms. The first-order chi connectivity index (χ1) is 7.22. The summed E-state index contributed by atoms with van der Waals surface area (Å²) in [7, 11) is 0. The lowest BCUT2D eigenvalue weighted by atomic mass is 10.2. The van der Waals surface area contributed by atoms with E-state index < -0.39 is 5.82 Å². The van der Waals surface area contributed by atoms with Crippen molar-refractivity contribution in [3.05, 3.63) is 24.0 Å². The summed E-state index contributed by atoms with van der Waals surface area (Å²) >= 11 is 0. The summed E-state index contributed by atoms with van der Waals surface area (Å²) in [6, 6.07) is 4.72. The molecule has 5 heteroatoms. The van der Waals surface area contributed by atoms with Gasteiger partial charge in [-0.2, -0.15) is 0 Å². The molecule has 1 aliphatic rings. The Morgan fingerprint density at radius 2 is 2.33 bits per heavy atom. The van der Waals surface area contributed by atoms with E-state index in [1.165, 1.54) is 6.07 Å². The second kappa shape index (κ2) is 3.86. The smallest absolute Gasteiger partial charge is 0.244 e. The molecule has 0 unspecified atom stereocenters. The topological polar surface area (TPSA) is 58.4 Å². The van der Waals surface area contributed by atoms with Gasteiger partial charge in [0.2, 0.25) is 5.91 Å². The van der Waals surface area contributed by atoms with Crippen LogP contribution >= 0.6 is 0 Å². The van der Waals surface area contributed by atoms with Gasteiger partial charge in [0.15, 0.2) is 0 Å². The van der Waals surface area contributed by atoms with Crippen LogP contribution in [0.4, 0.5) is 15.8 Å². The van der Waals surface area contributed by atoms with Crippen LogP contribution in [0.1, 0.15) is 0 Å². The van der Waals surface area contributed by atoms with E-state index in [2.05, 4.69) is 5.32 Å². The molecule has 0 saturated heterocycles. The molecule has 2 rings (SSSR count). The van der Waals surface area contributed by atoms with Crippen LogP contribution < -0.4 is 16.0 Å². The number of hydrogen-bond acceptors (Lipinski definition) is 3. The number of nitrogens with two attached hydrogens (primary N) is 1. The van der Waals surface area contributed by atoms with Crippen LogP contribution in [0.3, 0.4) is 0 Å². The van der Waals surface area contributed by atoms with Crippen LogP contribution in [0.2, 0.25) is 0 Å². The molecule has 1 aliphatic heterocycles.